The standard InChI is InChI=1S/C41H70O11/c1-3-5-7-9-11-13-15-16-17-18-20-21-23-25-27-29-34(42)49-31-33(32-50-41-38(46)36(44)37(45)39(52-41)40(47)48)51-35(43)30-28-26-24-22-19-14-12-10-8-6-4-2/h5,7,11,13,16-17,33,36-39,41,44-46H,3-4,6,8-10,12,14-15,18-32H2,1-2H3,(H,47,48)/b7-5-,13-11-,17-16-. The Bertz CT molecular complexity index is 1010. The minimum absolute atomic E-state index is 0.180. The molecule has 11 nitrogen and oxygen atoms in total. The van der Waals surface area contributed by atoms with Gasteiger partial charge in [0.05, 0.1) is 6.61 Å². The Kier molecular flexibility index (Phi) is 29.1. The third kappa shape index (κ3) is 23.9. The molecule has 1 aliphatic heterocycles. The number of ether oxygens (including phenoxy) is 4. The first-order valence-electron chi connectivity index (χ1n) is 20.0. The number of hydrogen-bond acceptors (Lipinski definition) is 10. The maximum absolute atomic E-state index is 12.7. The van der Waals surface area contributed by atoms with Gasteiger partial charge in [0.15, 0.2) is 18.5 Å². The second kappa shape index (κ2) is 31.9. The molecule has 0 radical (unpaired) electrons. The number of aliphatic hydroxyl groups is 3. The lowest BCUT2D eigenvalue weighted by Crippen LogP contribution is -2.60. The number of allylic oxidation sites excluding steroid dienone is 6. The zero-order valence-electron chi connectivity index (χ0n) is 32.0. The van der Waals surface area contributed by atoms with Crippen LogP contribution in [0.15, 0.2) is 36.5 Å². The van der Waals surface area contributed by atoms with E-state index in [1.165, 1.54) is 44.9 Å². The fraction of sp³-hybridized carbons (Fsp3) is 0.780. The highest BCUT2D eigenvalue weighted by atomic mass is 16.7. The van der Waals surface area contributed by atoms with Crippen molar-refractivity contribution in [3.8, 4) is 0 Å². The molecule has 1 rings (SSSR count). The Morgan fingerprint density at radius 1 is 0.615 bits per heavy atom. The van der Waals surface area contributed by atoms with E-state index in [4.69, 9.17) is 18.9 Å². The molecule has 1 aliphatic rings. The fourth-order valence-corrected chi connectivity index (χ4v) is 5.83. The monoisotopic (exact) mass is 738 g/mol. The van der Waals surface area contributed by atoms with Crippen LogP contribution in [0.1, 0.15) is 155 Å². The van der Waals surface area contributed by atoms with E-state index in [0.29, 0.717) is 12.8 Å². The van der Waals surface area contributed by atoms with E-state index in [1.54, 1.807) is 0 Å². The highest BCUT2D eigenvalue weighted by molar-refractivity contribution is 5.73. The smallest absolute Gasteiger partial charge is 0.335 e. The Morgan fingerprint density at radius 2 is 1.13 bits per heavy atom. The van der Waals surface area contributed by atoms with E-state index in [9.17, 15) is 34.8 Å². The molecular weight excluding hydrogens is 668 g/mol. The number of rotatable bonds is 32. The summed E-state index contributed by atoms with van der Waals surface area (Å²) in [6.45, 7) is 3.65. The van der Waals surface area contributed by atoms with Crippen molar-refractivity contribution in [3.05, 3.63) is 36.5 Å². The van der Waals surface area contributed by atoms with Crippen LogP contribution in [-0.4, -0.2) is 88.4 Å². The van der Waals surface area contributed by atoms with Crippen LogP contribution in [0.4, 0.5) is 0 Å². The fourth-order valence-electron chi connectivity index (χ4n) is 5.83. The number of carboxylic acid groups (broad SMARTS) is 1. The first-order chi connectivity index (χ1) is 25.2. The van der Waals surface area contributed by atoms with Crippen molar-refractivity contribution in [1.29, 1.82) is 0 Å². The number of esters is 2. The zero-order valence-corrected chi connectivity index (χ0v) is 32.0. The van der Waals surface area contributed by atoms with Crippen LogP contribution < -0.4 is 0 Å². The number of aliphatic carboxylic acids is 1. The molecule has 0 aromatic carbocycles. The summed E-state index contributed by atoms with van der Waals surface area (Å²) in [5.74, 6) is -2.47. The molecule has 6 unspecified atom stereocenters. The van der Waals surface area contributed by atoms with E-state index >= 15 is 0 Å². The number of aliphatic hydroxyl groups excluding tert-OH is 3. The van der Waals surface area contributed by atoms with Gasteiger partial charge in [-0.2, -0.15) is 0 Å². The normalized spacial score (nSPS) is 21.3. The summed E-state index contributed by atoms with van der Waals surface area (Å²) in [6, 6.07) is 0. The maximum atomic E-state index is 12.7. The molecule has 6 atom stereocenters. The lowest BCUT2D eigenvalue weighted by Gasteiger charge is -2.38. The van der Waals surface area contributed by atoms with Gasteiger partial charge in [-0.3, -0.25) is 9.59 Å². The van der Waals surface area contributed by atoms with Crippen molar-refractivity contribution >= 4 is 17.9 Å². The zero-order chi connectivity index (χ0) is 38.2. The largest absolute Gasteiger partial charge is 0.479 e. The summed E-state index contributed by atoms with van der Waals surface area (Å²) in [7, 11) is 0. The van der Waals surface area contributed by atoms with Crippen molar-refractivity contribution in [2.75, 3.05) is 13.2 Å². The minimum Gasteiger partial charge on any atom is -0.479 e. The molecule has 11 heteroatoms. The molecule has 0 saturated carbocycles. The molecule has 0 bridgehead atoms. The van der Waals surface area contributed by atoms with Crippen molar-refractivity contribution in [2.24, 2.45) is 0 Å². The average Bonchev–Trinajstić information content (AvgIpc) is 3.12. The Hall–Kier alpha value is -2.57. The molecule has 1 fully saturated rings. The number of carbonyl (C=O) groups excluding carboxylic acids is 2. The highest BCUT2D eigenvalue weighted by Gasteiger charge is 2.47. The van der Waals surface area contributed by atoms with E-state index in [0.717, 1.165) is 70.6 Å². The van der Waals surface area contributed by atoms with Crippen molar-refractivity contribution < 1.29 is 53.8 Å². The number of carboxylic acids is 1. The molecule has 0 spiro atoms. The van der Waals surface area contributed by atoms with Crippen LogP contribution in [-0.2, 0) is 33.3 Å². The van der Waals surface area contributed by atoms with Crippen LogP contribution in [0.3, 0.4) is 0 Å². The number of hydrogen-bond donors (Lipinski definition) is 4. The molecule has 1 saturated heterocycles. The molecule has 0 aliphatic carbocycles. The van der Waals surface area contributed by atoms with Crippen LogP contribution in [0.2, 0.25) is 0 Å². The predicted molar refractivity (Wildman–Crippen MR) is 201 cm³/mol. The second-order valence-electron chi connectivity index (χ2n) is 13.7. The molecular formula is C41H70O11. The van der Waals surface area contributed by atoms with Gasteiger partial charge in [0, 0.05) is 12.8 Å². The van der Waals surface area contributed by atoms with Gasteiger partial charge in [0.25, 0.3) is 0 Å². The lowest BCUT2D eigenvalue weighted by atomic mass is 9.99. The van der Waals surface area contributed by atoms with Gasteiger partial charge in [-0.25, -0.2) is 4.79 Å². The molecule has 1 heterocycles. The van der Waals surface area contributed by atoms with Gasteiger partial charge >= 0.3 is 17.9 Å². The van der Waals surface area contributed by atoms with Crippen molar-refractivity contribution in [3.63, 3.8) is 0 Å². The highest BCUT2D eigenvalue weighted by Crippen LogP contribution is 2.23. The van der Waals surface area contributed by atoms with E-state index in [2.05, 4.69) is 50.3 Å². The van der Waals surface area contributed by atoms with Gasteiger partial charge in [-0.15, -0.1) is 0 Å². The van der Waals surface area contributed by atoms with E-state index in [-0.39, 0.29) is 19.4 Å². The number of unbranched alkanes of at least 4 members (excludes halogenated alkanes) is 15. The molecule has 300 valence electrons. The summed E-state index contributed by atoms with van der Waals surface area (Å²) in [4.78, 5) is 36.6. The van der Waals surface area contributed by atoms with Crippen LogP contribution in [0, 0.1) is 0 Å². The molecule has 4 N–H and O–H groups in total. The van der Waals surface area contributed by atoms with Crippen LogP contribution >= 0.6 is 0 Å². The Balaban J connectivity index is 2.43. The Labute approximate surface area is 312 Å². The maximum Gasteiger partial charge on any atom is 0.335 e. The quantitative estimate of drug-likeness (QED) is 0.0304. The topological polar surface area (TPSA) is 169 Å². The van der Waals surface area contributed by atoms with Crippen LogP contribution in [0.5, 0.6) is 0 Å². The predicted octanol–water partition coefficient (Wildman–Crippen LogP) is 7.64. The van der Waals surface area contributed by atoms with Crippen LogP contribution in [0.25, 0.3) is 0 Å². The average molecular weight is 739 g/mol. The molecule has 0 aromatic rings. The lowest BCUT2D eigenvalue weighted by molar-refractivity contribution is -0.298. The summed E-state index contributed by atoms with van der Waals surface area (Å²) in [5, 5.41) is 39.7. The second-order valence-corrected chi connectivity index (χ2v) is 13.7. The van der Waals surface area contributed by atoms with Gasteiger partial charge in [0.2, 0.25) is 0 Å². The SMILES string of the molecule is CC/C=C\C/C=C\C/C=C\CCCCCCCC(=O)OCC(COC1OC(C(=O)O)C(O)C(O)C1O)OC(=O)CCCCCCCCCCCCC. The third-order valence-corrected chi connectivity index (χ3v) is 9.00. The van der Waals surface area contributed by atoms with Crippen molar-refractivity contribution in [1.82, 2.24) is 0 Å². The van der Waals surface area contributed by atoms with E-state index < -0.39 is 61.3 Å². The number of carbonyl (C=O) groups is 3. The van der Waals surface area contributed by atoms with Gasteiger partial charge in [-0.05, 0) is 44.9 Å². The van der Waals surface area contributed by atoms with Gasteiger partial charge in [-0.1, -0.05) is 134 Å². The molecule has 0 amide bonds. The van der Waals surface area contributed by atoms with Gasteiger partial charge in [0.1, 0.15) is 24.9 Å². The van der Waals surface area contributed by atoms with Gasteiger partial charge < -0.3 is 39.4 Å². The molecule has 0 aromatic heterocycles. The summed E-state index contributed by atoms with van der Waals surface area (Å²) in [6.07, 6.45) is 24.9. The minimum atomic E-state index is -1.86. The summed E-state index contributed by atoms with van der Waals surface area (Å²) in [5.41, 5.74) is 0. The summed E-state index contributed by atoms with van der Waals surface area (Å²) < 4.78 is 21.6. The van der Waals surface area contributed by atoms with Crippen molar-refractivity contribution in [2.45, 2.75) is 192 Å². The third-order valence-electron chi connectivity index (χ3n) is 9.00. The first-order valence-corrected chi connectivity index (χ1v) is 20.0. The van der Waals surface area contributed by atoms with E-state index in [1.807, 2.05) is 0 Å². The summed E-state index contributed by atoms with van der Waals surface area (Å²) >= 11 is 0. The first kappa shape index (κ1) is 47.5. The molecule has 52 heavy (non-hydrogen) atoms. The Morgan fingerprint density at radius 3 is 1.71 bits per heavy atom.